The average Bonchev–Trinajstić information content (AvgIpc) is 2.32. The molecule has 0 atom stereocenters. The Bertz CT molecular complexity index is 301. The van der Waals surface area contributed by atoms with E-state index in [9.17, 15) is 4.79 Å². The first kappa shape index (κ1) is 10.6. The molecule has 1 heterocycles. The van der Waals surface area contributed by atoms with Crippen molar-refractivity contribution in [3.63, 3.8) is 0 Å². The largest absolute Gasteiger partial charge is 0.289 e. The zero-order valence-corrected chi connectivity index (χ0v) is 9.32. The lowest BCUT2D eigenvalue weighted by molar-refractivity contribution is 0.0997. The van der Waals surface area contributed by atoms with Crippen molar-refractivity contribution in [3.05, 3.63) is 21.3 Å². The van der Waals surface area contributed by atoms with Crippen LogP contribution in [0, 0.1) is 0 Å². The summed E-state index contributed by atoms with van der Waals surface area (Å²) in [5.41, 5.74) is 0.324. The second-order valence-corrected chi connectivity index (χ2v) is 5.79. The third-order valence-electron chi connectivity index (χ3n) is 1.09. The highest BCUT2D eigenvalue weighted by Gasteiger charge is 2.32. The van der Waals surface area contributed by atoms with E-state index in [0.717, 1.165) is 0 Å². The SMILES string of the molecule is O=C(c1csc(Cl)c1)C(Cl)(Cl)Cl. The monoisotopic (exact) mass is 262 g/mol. The van der Waals surface area contributed by atoms with Crippen LogP contribution < -0.4 is 0 Å². The Morgan fingerprint density at radius 1 is 1.42 bits per heavy atom. The third-order valence-corrected chi connectivity index (χ3v) is 2.69. The molecule has 0 unspecified atom stereocenters. The van der Waals surface area contributed by atoms with Crippen molar-refractivity contribution >= 4 is 63.5 Å². The van der Waals surface area contributed by atoms with Crippen LogP contribution in [0.25, 0.3) is 0 Å². The van der Waals surface area contributed by atoms with Crippen molar-refractivity contribution in [2.75, 3.05) is 0 Å². The molecule has 66 valence electrons. The molecule has 0 bridgehead atoms. The van der Waals surface area contributed by atoms with Crippen LogP contribution in [-0.4, -0.2) is 9.58 Å². The Balaban J connectivity index is 2.93. The van der Waals surface area contributed by atoms with Gasteiger partial charge in [0.2, 0.25) is 5.78 Å². The normalized spacial score (nSPS) is 11.7. The van der Waals surface area contributed by atoms with Gasteiger partial charge in [0.25, 0.3) is 3.79 Å². The molecule has 0 radical (unpaired) electrons. The molecular weight excluding hydrogens is 262 g/mol. The van der Waals surface area contributed by atoms with E-state index < -0.39 is 9.58 Å². The first-order chi connectivity index (χ1) is 5.41. The van der Waals surface area contributed by atoms with Crippen LogP contribution in [0.5, 0.6) is 0 Å². The van der Waals surface area contributed by atoms with E-state index in [1.54, 1.807) is 5.38 Å². The molecule has 12 heavy (non-hydrogen) atoms. The molecule has 0 N–H and O–H groups in total. The summed E-state index contributed by atoms with van der Waals surface area (Å²) in [7, 11) is 0. The van der Waals surface area contributed by atoms with Gasteiger partial charge in [0.15, 0.2) is 0 Å². The molecule has 0 saturated heterocycles. The number of hydrogen-bond donors (Lipinski definition) is 0. The quantitative estimate of drug-likeness (QED) is 0.554. The van der Waals surface area contributed by atoms with Crippen LogP contribution in [0.1, 0.15) is 10.4 Å². The number of halogens is 4. The van der Waals surface area contributed by atoms with E-state index in [1.165, 1.54) is 17.4 Å². The van der Waals surface area contributed by atoms with Crippen LogP contribution in [0.2, 0.25) is 4.34 Å². The molecule has 0 aliphatic carbocycles. The Morgan fingerprint density at radius 2 is 2.00 bits per heavy atom. The lowest BCUT2D eigenvalue weighted by Crippen LogP contribution is -2.17. The number of hydrogen-bond acceptors (Lipinski definition) is 2. The highest BCUT2D eigenvalue weighted by molar-refractivity contribution is 7.14. The predicted octanol–water partition coefficient (Wildman–Crippen LogP) is 3.95. The standard InChI is InChI=1S/C6H2Cl4OS/c7-4-1-3(2-12-4)5(11)6(8,9)10/h1-2H. The highest BCUT2D eigenvalue weighted by atomic mass is 35.6. The van der Waals surface area contributed by atoms with Crippen molar-refractivity contribution in [1.29, 1.82) is 0 Å². The van der Waals surface area contributed by atoms with Crippen molar-refractivity contribution in [2.24, 2.45) is 0 Å². The van der Waals surface area contributed by atoms with Crippen LogP contribution in [-0.2, 0) is 0 Å². The zero-order chi connectivity index (χ0) is 9.35. The lowest BCUT2D eigenvalue weighted by atomic mass is 10.2. The molecule has 0 spiro atoms. The van der Waals surface area contributed by atoms with E-state index in [-0.39, 0.29) is 0 Å². The number of Topliss-reactive ketones (excluding diaryl/α,β-unsaturated/α-hetero) is 1. The van der Waals surface area contributed by atoms with Gasteiger partial charge in [-0.25, -0.2) is 0 Å². The van der Waals surface area contributed by atoms with Crippen LogP contribution in [0.15, 0.2) is 11.4 Å². The summed E-state index contributed by atoms with van der Waals surface area (Å²) >= 11 is 22.9. The minimum Gasteiger partial charge on any atom is -0.289 e. The summed E-state index contributed by atoms with van der Waals surface area (Å²) in [4.78, 5) is 11.2. The number of rotatable bonds is 1. The average molecular weight is 264 g/mol. The van der Waals surface area contributed by atoms with Crippen molar-refractivity contribution in [2.45, 2.75) is 3.79 Å². The lowest BCUT2D eigenvalue weighted by Gasteiger charge is -2.06. The Labute approximate surface area is 93.2 Å². The van der Waals surface area contributed by atoms with Gasteiger partial charge in [-0.05, 0) is 6.07 Å². The summed E-state index contributed by atoms with van der Waals surface area (Å²) in [5.74, 6) is -0.560. The van der Waals surface area contributed by atoms with E-state index in [1.807, 2.05) is 0 Å². The Morgan fingerprint density at radius 3 is 2.33 bits per heavy atom. The van der Waals surface area contributed by atoms with E-state index in [4.69, 9.17) is 46.4 Å². The van der Waals surface area contributed by atoms with Crippen LogP contribution in [0.3, 0.4) is 0 Å². The molecule has 0 aliphatic heterocycles. The Kier molecular flexibility index (Phi) is 3.29. The predicted molar refractivity (Wildman–Crippen MR) is 53.9 cm³/mol. The van der Waals surface area contributed by atoms with Crippen molar-refractivity contribution in [1.82, 2.24) is 0 Å². The molecule has 0 aromatic carbocycles. The molecule has 1 nitrogen and oxygen atoms in total. The van der Waals surface area contributed by atoms with E-state index >= 15 is 0 Å². The fourth-order valence-corrected chi connectivity index (χ4v) is 1.78. The number of carbonyl (C=O) groups is 1. The van der Waals surface area contributed by atoms with Crippen molar-refractivity contribution in [3.8, 4) is 0 Å². The van der Waals surface area contributed by atoms with E-state index in [0.29, 0.717) is 9.90 Å². The van der Waals surface area contributed by atoms with Crippen molar-refractivity contribution < 1.29 is 4.79 Å². The highest BCUT2D eigenvalue weighted by Crippen LogP contribution is 2.32. The second-order valence-electron chi connectivity index (χ2n) is 1.97. The maximum atomic E-state index is 11.2. The van der Waals surface area contributed by atoms with Gasteiger partial charge < -0.3 is 0 Å². The molecule has 1 rings (SSSR count). The summed E-state index contributed by atoms with van der Waals surface area (Å²) in [6.07, 6.45) is 0. The fraction of sp³-hybridized carbons (Fsp3) is 0.167. The van der Waals surface area contributed by atoms with Gasteiger partial charge in [-0.3, -0.25) is 4.79 Å². The van der Waals surface area contributed by atoms with Gasteiger partial charge in [-0.1, -0.05) is 46.4 Å². The number of thiophene rings is 1. The number of alkyl halides is 3. The molecule has 0 amide bonds. The summed E-state index contributed by atoms with van der Waals surface area (Å²) in [5, 5.41) is 1.55. The molecule has 0 saturated carbocycles. The number of carbonyl (C=O) groups excluding carboxylic acids is 1. The Hall–Kier alpha value is 0.530. The van der Waals surface area contributed by atoms with Crippen LogP contribution >= 0.6 is 57.7 Å². The molecule has 1 aromatic rings. The molecule has 6 heteroatoms. The summed E-state index contributed by atoms with van der Waals surface area (Å²) in [6, 6.07) is 1.47. The maximum Gasteiger partial charge on any atom is 0.253 e. The van der Waals surface area contributed by atoms with Crippen LogP contribution in [0.4, 0.5) is 0 Å². The molecule has 0 fully saturated rings. The fourth-order valence-electron chi connectivity index (χ4n) is 0.593. The smallest absolute Gasteiger partial charge is 0.253 e. The van der Waals surface area contributed by atoms with Gasteiger partial charge in [0.05, 0.1) is 4.34 Å². The first-order valence-electron chi connectivity index (χ1n) is 2.77. The molecule has 1 aromatic heterocycles. The summed E-state index contributed by atoms with van der Waals surface area (Å²) in [6.45, 7) is 0. The molecular formula is C6H2Cl4OS. The summed E-state index contributed by atoms with van der Waals surface area (Å²) < 4.78 is -1.41. The maximum absolute atomic E-state index is 11.2. The zero-order valence-electron chi connectivity index (χ0n) is 5.48. The number of ketones is 1. The minimum absolute atomic E-state index is 0.324. The third kappa shape index (κ3) is 2.51. The molecule has 0 aliphatic rings. The minimum atomic E-state index is -1.90. The van der Waals surface area contributed by atoms with Gasteiger partial charge in [-0.2, -0.15) is 0 Å². The van der Waals surface area contributed by atoms with Gasteiger partial charge in [-0.15, -0.1) is 11.3 Å². The van der Waals surface area contributed by atoms with Gasteiger partial charge >= 0.3 is 0 Å². The topological polar surface area (TPSA) is 17.1 Å². The second kappa shape index (κ2) is 3.72. The van der Waals surface area contributed by atoms with Gasteiger partial charge in [0.1, 0.15) is 0 Å². The van der Waals surface area contributed by atoms with Gasteiger partial charge in [0, 0.05) is 10.9 Å². The first-order valence-corrected chi connectivity index (χ1v) is 5.16. The van der Waals surface area contributed by atoms with E-state index in [2.05, 4.69) is 0 Å².